The van der Waals surface area contributed by atoms with Gasteiger partial charge < -0.3 is 14.2 Å². The Morgan fingerprint density at radius 1 is 1.10 bits per heavy atom. The molecule has 0 radical (unpaired) electrons. The number of carbonyl (C=O) groups excluding carboxylic acids is 2. The van der Waals surface area contributed by atoms with Crippen LogP contribution in [0.2, 0.25) is 0 Å². The van der Waals surface area contributed by atoms with Crippen LogP contribution in [0.25, 0.3) is 6.08 Å². The molecule has 0 saturated heterocycles. The standard InChI is InChI=1S/C25H17NO5/c1-29-22-5-3-2-4-18(22)12-24-25(28)20-11-10-19(13-23(20)31-24)30-15-21(27)17-8-6-16(14-26)7-9-17/h2-13H,15H2,1H3/b24-12-. The lowest BCUT2D eigenvalue weighted by atomic mass is 10.1. The molecule has 31 heavy (non-hydrogen) atoms. The zero-order valence-corrected chi connectivity index (χ0v) is 16.6. The third-order valence-electron chi connectivity index (χ3n) is 4.77. The van der Waals surface area contributed by atoms with Gasteiger partial charge >= 0.3 is 0 Å². The van der Waals surface area contributed by atoms with E-state index < -0.39 is 0 Å². The van der Waals surface area contributed by atoms with Crippen molar-refractivity contribution in [3.63, 3.8) is 0 Å². The Kier molecular flexibility index (Phi) is 5.50. The van der Waals surface area contributed by atoms with Crippen molar-refractivity contribution >= 4 is 17.6 Å². The monoisotopic (exact) mass is 411 g/mol. The molecular formula is C25H17NO5. The highest BCUT2D eigenvalue weighted by molar-refractivity contribution is 6.14. The summed E-state index contributed by atoms with van der Waals surface area (Å²) < 4.78 is 16.6. The molecule has 1 heterocycles. The van der Waals surface area contributed by atoms with E-state index in [1.165, 1.54) is 0 Å². The Morgan fingerprint density at radius 2 is 1.87 bits per heavy atom. The van der Waals surface area contributed by atoms with Gasteiger partial charge in [0, 0.05) is 17.2 Å². The lowest BCUT2D eigenvalue weighted by molar-refractivity contribution is 0.0921. The molecule has 6 nitrogen and oxygen atoms in total. The third kappa shape index (κ3) is 4.16. The number of nitriles is 1. The Morgan fingerprint density at radius 3 is 2.61 bits per heavy atom. The van der Waals surface area contributed by atoms with Gasteiger partial charge in [-0.2, -0.15) is 5.26 Å². The number of para-hydroxylation sites is 1. The molecule has 0 saturated carbocycles. The predicted octanol–water partition coefficient (Wildman–Crippen LogP) is 4.44. The van der Waals surface area contributed by atoms with Gasteiger partial charge in [0.25, 0.3) is 0 Å². The Balaban J connectivity index is 1.47. The van der Waals surface area contributed by atoms with E-state index in [1.54, 1.807) is 61.7 Å². The fraction of sp³-hybridized carbons (Fsp3) is 0.0800. The Bertz CT molecular complexity index is 1240. The average molecular weight is 411 g/mol. The first-order valence-corrected chi connectivity index (χ1v) is 9.46. The molecule has 0 atom stereocenters. The van der Waals surface area contributed by atoms with E-state index in [-0.39, 0.29) is 23.9 Å². The maximum Gasteiger partial charge on any atom is 0.231 e. The van der Waals surface area contributed by atoms with Crippen molar-refractivity contribution < 1.29 is 23.8 Å². The van der Waals surface area contributed by atoms with Crippen molar-refractivity contribution in [2.75, 3.05) is 13.7 Å². The summed E-state index contributed by atoms with van der Waals surface area (Å²) >= 11 is 0. The molecule has 0 amide bonds. The molecule has 3 aromatic rings. The SMILES string of the molecule is COc1ccccc1/C=C1\Oc2cc(OCC(=O)c3ccc(C#N)cc3)ccc2C1=O. The number of fused-ring (bicyclic) bond motifs is 1. The Hall–Kier alpha value is -4.37. The minimum atomic E-state index is -0.235. The van der Waals surface area contributed by atoms with Crippen LogP contribution in [-0.4, -0.2) is 25.3 Å². The minimum absolute atomic E-state index is 0.178. The van der Waals surface area contributed by atoms with E-state index in [2.05, 4.69) is 0 Å². The van der Waals surface area contributed by atoms with E-state index in [0.717, 1.165) is 5.56 Å². The molecule has 0 aromatic heterocycles. The van der Waals surface area contributed by atoms with Crippen LogP contribution in [0.1, 0.15) is 31.8 Å². The van der Waals surface area contributed by atoms with Gasteiger partial charge in [-0.15, -0.1) is 0 Å². The molecule has 1 aliphatic rings. The topological polar surface area (TPSA) is 85.6 Å². The summed E-state index contributed by atoms with van der Waals surface area (Å²) in [5.41, 5.74) is 2.08. The third-order valence-corrected chi connectivity index (χ3v) is 4.77. The first-order chi connectivity index (χ1) is 15.1. The number of allylic oxidation sites excluding steroid dienone is 1. The summed E-state index contributed by atoms with van der Waals surface area (Å²) in [5, 5.41) is 8.84. The smallest absolute Gasteiger partial charge is 0.231 e. The number of Topliss-reactive ketones (excluding diaryl/α,β-unsaturated/α-hetero) is 2. The molecule has 0 unspecified atom stereocenters. The number of ether oxygens (including phenoxy) is 3. The second kappa shape index (κ2) is 8.56. The number of rotatable bonds is 6. The number of ketones is 2. The summed E-state index contributed by atoms with van der Waals surface area (Å²) in [5.74, 6) is 1.14. The zero-order chi connectivity index (χ0) is 21.8. The van der Waals surface area contributed by atoms with Crippen LogP contribution in [-0.2, 0) is 0 Å². The maximum absolute atomic E-state index is 12.7. The number of hydrogen-bond acceptors (Lipinski definition) is 6. The fourth-order valence-corrected chi connectivity index (χ4v) is 3.15. The molecule has 0 fully saturated rings. The van der Waals surface area contributed by atoms with Crippen LogP contribution >= 0.6 is 0 Å². The van der Waals surface area contributed by atoms with Crippen molar-refractivity contribution in [1.29, 1.82) is 5.26 Å². The highest BCUT2D eigenvalue weighted by Gasteiger charge is 2.28. The van der Waals surface area contributed by atoms with Crippen molar-refractivity contribution in [3.05, 3.63) is 94.7 Å². The van der Waals surface area contributed by atoms with E-state index in [1.807, 2.05) is 24.3 Å². The largest absolute Gasteiger partial charge is 0.496 e. The molecule has 1 aliphatic heterocycles. The summed E-state index contributed by atoms with van der Waals surface area (Å²) in [4.78, 5) is 25.0. The maximum atomic E-state index is 12.7. The van der Waals surface area contributed by atoms with Crippen LogP contribution in [0, 0.1) is 11.3 Å². The van der Waals surface area contributed by atoms with E-state index in [0.29, 0.717) is 33.9 Å². The van der Waals surface area contributed by atoms with Crippen LogP contribution in [0.5, 0.6) is 17.2 Å². The number of benzene rings is 3. The first kappa shape index (κ1) is 19.9. The first-order valence-electron chi connectivity index (χ1n) is 9.46. The molecular weight excluding hydrogens is 394 g/mol. The van der Waals surface area contributed by atoms with Crippen LogP contribution in [0.15, 0.2) is 72.5 Å². The average Bonchev–Trinajstić information content (AvgIpc) is 3.12. The lowest BCUT2D eigenvalue weighted by Crippen LogP contribution is -2.11. The molecule has 6 heteroatoms. The molecule has 0 spiro atoms. The van der Waals surface area contributed by atoms with Gasteiger partial charge in [-0.25, -0.2) is 0 Å². The quantitative estimate of drug-likeness (QED) is 0.440. The number of methoxy groups -OCH3 is 1. The molecule has 152 valence electrons. The van der Waals surface area contributed by atoms with Gasteiger partial charge in [-0.1, -0.05) is 18.2 Å². The van der Waals surface area contributed by atoms with E-state index >= 15 is 0 Å². The van der Waals surface area contributed by atoms with Crippen molar-refractivity contribution in [2.45, 2.75) is 0 Å². The van der Waals surface area contributed by atoms with Crippen molar-refractivity contribution in [2.24, 2.45) is 0 Å². The lowest BCUT2D eigenvalue weighted by Gasteiger charge is -2.07. The van der Waals surface area contributed by atoms with Gasteiger partial charge in [0.15, 0.2) is 18.1 Å². The van der Waals surface area contributed by atoms with Gasteiger partial charge in [0.1, 0.15) is 17.2 Å². The fourth-order valence-electron chi connectivity index (χ4n) is 3.15. The number of carbonyl (C=O) groups is 2. The summed E-state index contributed by atoms with van der Waals surface area (Å²) in [6, 6.07) is 20.5. The second-order valence-corrected chi connectivity index (χ2v) is 6.74. The number of hydrogen-bond donors (Lipinski definition) is 0. The van der Waals surface area contributed by atoms with E-state index in [4.69, 9.17) is 19.5 Å². The van der Waals surface area contributed by atoms with Crippen LogP contribution in [0.3, 0.4) is 0 Å². The minimum Gasteiger partial charge on any atom is -0.496 e. The normalized spacial score (nSPS) is 13.3. The van der Waals surface area contributed by atoms with E-state index in [9.17, 15) is 9.59 Å². The van der Waals surface area contributed by atoms with Crippen LogP contribution in [0.4, 0.5) is 0 Å². The van der Waals surface area contributed by atoms with Gasteiger partial charge in [0.2, 0.25) is 5.78 Å². The predicted molar refractivity (Wildman–Crippen MR) is 113 cm³/mol. The van der Waals surface area contributed by atoms with Crippen molar-refractivity contribution in [1.82, 2.24) is 0 Å². The summed E-state index contributed by atoms with van der Waals surface area (Å²) in [6.45, 7) is -0.178. The summed E-state index contributed by atoms with van der Waals surface area (Å²) in [6.07, 6.45) is 1.64. The highest BCUT2D eigenvalue weighted by atomic mass is 16.5. The molecule has 0 bridgehead atoms. The molecule has 3 aromatic carbocycles. The van der Waals surface area contributed by atoms with Gasteiger partial charge in [-0.05, 0) is 48.5 Å². The zero-order valence-electron chi connectivity index (χ0n) is 16.6. The summed E-state index contributed by atoms with van der Waals surface area (Å²) in [7, 11) is 1.56. The second-order valence-electron chi connectivity index (χ2n) is 6.74. The molecule has 0 N–H and O–H groups in total. The number of nitrogens with zero attached hydrogens (tertiary/aromatic N) is 1. The van der Waals surface area contributed by atoms with Gasteiger partial charge in [0.05, 0.1) is 24.3 Å². The van der Waals surface area contributed by atoms with Crippen molar-refractivity contribution in [3.8, 4) is 23.3 Å². The Labute approximate surface area is 178 Å². The highest BCUT2D eigenvalue weighted by Crippen LogP contribution is 2.35. The molecule has 4 rings (SSSR count). The molecule has 0 aliphatic carbocycles. The van der Waals surface area contributed by atoms with Crippen LogP contribution < -0.4 is 14.2 Å². The van der Waals surface area contributed by atoms with Gasteiger partial charge in [-0.3, -0.25) is 9.59 Å².